The first-order chi connectivity index (χ1) is 13.2. The summed E-state index contributed by atoms with van der Waals surface area (Å²) >= 11 is 0. The van der Waals surface area contributed by atoms with Crippen LogP contribution in [-0.4, -0.2) is 20.3 Å². The Labute approximate surface area is 154 Å². The van der Waals surface area contributed by atoms with Crippen molar-refractivity contribution in [3.8, 4) is 11.6 Å². The Kier molecular flexibility index (Phi) is 4.49. The molecule has 0 atom stereocenters. The molecular weight excluding hydrogens is 347 g/mol. The molecule has 1 N–H and O–H groups in total. The topological polar surface area (TPSA) is 68.5 Å². The van der Waals surface area contributed by atoms with Crippen LogP contribution in [0.5, 0.6) is 11.6 Å². The molecule has 0 radical (unpaired) electrons. The minimum Gasteiger partial charge on any atom is -0.436 e. The molecule has 4 aromatic rings. The minimum absolute atomic E-state index is 0.0746. The third-order valence-electron chi connectivity index (χ3n) is 3.98. The van der Waals surface area contributed by atoms with Gasteiger partial charge in [0.15, 0.2) is 11.6 Å². The van der Waals surface area contributed by atoms with Crippen molar-refractivity contribution in [3.63, 3.8) is 0 Å². The molecule has 3 aromatic heterocycles. The lowest BCUT2D eigenvalue weighted by molar-refractivity contribution is 0.0945. The van der Waals surface area contributed by atoms with Crippen molar-refractivity contribution in [2.24, 2.45) is 0 Å². The van der Waals surface area contributed by atoms with Crippen molar-refractivity contribution >= 4 is 11.6 Å². The number of fused-ring (bicyclic) bond motifs is 1. The number of hydrogen-bond acceptors (Lipinski definition) is 4. The van der Waals surface area contributed by atoms with Gasteiger partial charge < -0.3 is 10.1 Å². The number of nitrogens with one attached hydrogen (secondary N) is 1. The minimum atomic E-state index is -0.483. The fourth-order valence-electron chi connectivity index (χ4n) is 2.65. The number of pyridine rings is 2. The molecular formula is C20H15FN4O2. The van der Waals surface area contributed by atoms with Crippen molar-refractivity contribution in [1.29, 1.82) is 0 Å². The number of para-hydroxylation sites is 1. The average molecular weight is 362 g/mol. The van der Waals surface area contributed by atoms with Gasteiger partial charge in [0.1, 0.15) is 11.3 Å². The smallest absolute Gasteiger partial charge is 0.270 e. The molecule has 1 aromatic carbocycles. The number of benzene rings is 1. The van der Waals surface area contributed by atoms with E-state index in [9.17, 15) is 9.18 Å². The number of rotatable bonds is 5. The molecule has 27 heavy (non-hydrogen) atoms. The Morgan fingerprint density at radius 2 is 1.93 bits per heavy atom. The van der Waals surface area contributed by atoms with Crippen molar-refractivity contribution in [3.05, 3.63) is 90.3 Å². The summed E-state index contributed by atoms with van der Waals surface area (Å²) in [7, 11) is 0. The fraction of sp³-hybridized carbons (Fsp3) is 0.0500. The predicted octanol–water partition coefficient (Wildman–Crippen LogP) is 3.59. The maximum Gasteiger partial charge on any atom is 0.270 e. The Morgan fingerprint density at radius 1 is 1.07 bits per heavy atom. The molecule has 1 amide bonds. The first kappa shape index (κ1) is 16.7. The molecule has 3 heterocycles. The fourth-order valence-corrected chi connectivity index (χ4v) is 2.65. The van der Waals surface area contributed by atoms with Crippen LogP contribution >= 0.6 is 0 Å². The summed E-state index contributed by atoms with van der Waals surface area (Å²) in [5.74, 6) is -0.454. The number of carbonyl (C=O) groups is 1. The zero-order valence-electron chi connectivity index (χ0n) is 14.2. The van der Waals surface area contributed by atoms with Gasteiger partial charge in [0.05, 0.1) is 6.20 Å². The molecule has 0 aliphatic carbocycles. The number of ether oxygens (including phenoxy) is 1. The second-order valence-electron chi connectivity index (χ2n) is 5.76. The van der Waals surface area contributed by atoms with Crippen LogP contribution in [-0.2, 0) is 6.54 Å². The molecule has 0 aliphatic heterocycles. The van der Waals surface area contributed by atoms with E-state index in [1.54, 1.807) is 41.1 Å². The van der Waals surface area contributed by atoms with E-state index in [-0.39, 0.29) is 24.1 Å². The normalized spacial score (nSPS) is 10.7. The summed E-state index contributed by atoms with van der Waals surface area (Å²) in [6.45, 7) is 0.177. The summed E-state index contributed by atoms with van der Waals surface area (Å²) in [4.78, 5) is 20.9. The van der Waals surface area contributed by atoms with E-state index in [1.807, 2.05) is 18.2 Å². The summed E-state index contributed by atoms with van der Waals surface area (Å²) < 4.78 is 21.1. The third kappa shape index (κ3) is 3.48. The van der Waals surface area contributed by atoms with Gasteiger partial charge in [-0.25, -0.2) is 14.4 Å². The van der Waals surface area contributed by atoms with E-state index in [0.29, 0.717) is 16.9 Å². The van der Waals surface area contributed by atoms with Crippen molar-refractivity contribution in [2.75, 3.05) is 0 Å². The van der Waals surface area contributed by atoms with Crippen LogP contribution in [0.1, 0.15) is 16.1 Å². The number of halogens is 1. The summed E-state index contributed by atoms with van der Waals surface area (Å²) in [5.41, 5.74) is 1.74. The second-order valence-corrected chi connectivity index (χ2v) is 5.76. The summed E-state index contributed by atoms with van der Waals surface area (Å²) in [5, 5.41) is 2.82. The number of imidazole rings is 1. The lowest BCUT2D eigenvalue weighted by atomic mass is 10.2. The van der Waals surface area contributed by atoms with Crippen LogP contribution in [0.3, 0.4) is 0 Å². The van der Waals surface area contributed by atoms with Gasteiger partial charge in [0.25, 0.3) is 5.91 Å². The Hall–Kier alpha value is -3.74. The van der Waals surface area contributed by atoms with E-state index < -0.39 is 5.82 Å². The Morgan fingerprint density at radius 3 is 2.81 bits per heavy atom. The zero-order chi connectivity index (χ0) is 18.6. The van der Waals surface area contributed by atoms with Crippen LogP contribution < -0.4 is 10.1 Å². The van der Waals surface area contributed by atoms with Gasteiger partial charge in [-0.05, 0) is 30.3 Å². The largest absolute Gasteiger partial charge is 0.436 e. The highest BCUT2D eigenvalue weighted by Gasteiger charge is 2.14. The van der Waals surface area contributed by atoms with Crippen molar-refractivity contribution in [2.45, 2.75) is 6.54 Å². The van der Waals surface area contributed by atoms with E-state index in [4.69, 9.17) is 4.74 Å². The number of nitrogens with zero attached hydrogens (tertiary/aromatic N) is 3. The number of hydrogen-bond donors (Lipinski definition) is 1. The van der Waals surface area contributed by atoms with Gasteiger partial charge in [-0.3, -0.25) is 9.20 Å². The van der Waals surface area contributed by atoms with E-state index in [1.165, 1.54) is 18.3 Å². The SMILES string of the molecule is O=C(NCc1cccnc1Oc1ccccc1F)c1cnc2ccccn12. The molecule has 7 heteroatoms. The van der Waals surface area contributed by atoms with Crippen molar-refractivity contribution in [1.82, 2.24) is 19.7 Å². The molecule has 0 spiro atoms. The highest BCUT2D eigenvalue weighted by atomic mass is 19.1. The predicted molar refractivity (Wildman–Crippen MR) is 97.1 cm³/mol. The van der Waals surface area contributed by atoms with Gasteiger partial charge in [-0.1, -0.05) is 24.3 Å². The van der Waals surface area contributed by atoms with Gasteiger partial charge in [0.2, 0.25) is 5.88 Å². The van der Waals surface area contributed by atoms with Crippen LogP contribution in [0.25, 0.3) is 5.65 Å². The number of aromatic nitrogens is 3. The van der Waals surface area contributed by atoms with Gasteiger partial charge in [-0.2, -0.15) is 0 Å². The first-order valence-corrected chi connectivity index (χ1v) is 8.29. The zero-order valence-corrected chi connectivity index (χ0v) is 14.2. The maximum atomic E-state index is 13.8. The lowest BCUT2D eigenvalue weighted by Crippen LogP contribution is -2.24. The van der Waals surface area contributed by atoms with Crippen LogP contribution in [0, 0.1) is 5.82 Å². The van der Waals surface area contributed by atoms with E-state index in [2.05, 4.69) is 15.3 Å². The molecule has 0 unspecified atom stereocenters. The molecule has 0 saturated heterocycles. The molecule has 0 aliphatic rings. The molecule has 6 nitrogen and oxygen atoms in total. The Bertz CT molecular complexity index is 1110. The van der Waals surface area contributed by atoms with E-state index in [0.717, 1.165) is 0 Å². The van der Waals surface area contributed by atoms with Gasteiger partial charge in [-0.15, -0.1) is 0 Å². The average Bonchev–Trinajstić information content (AvgIpc) is 3.13. The number of carbonyl (C=O) groups excluding carboxylic acids is 1. The van der Waals surface area contributed by atoms with Crippen LogP contribution in [0.4, 0.5) is 4.39 Å². The maximum absolute atomic E-state index is 13.8. The summed E-state index contributed by atoms with van der Waals surface area (Å²) in [6, 6.07) is 15.1. The first-order valence-electron chi connectivity index (χ1n) is 8.29. The lowest BCUT2D eigenvalue weighted by Gasteiger charge is -2.11. The molecule has 0 saturated carbocycles. The van der Waals surface area contributed by atoms with Gasteiger partial charge in [0, 0.05) is 24.5 Å². The monoisotopic (exact) mass is 362 g/mol. The molecule has 0 bridgehead atoms. The highest BCUT2D eigenvalue weighted by molar-refractivity contribution is 5.93. The molecule has 134 valence electrons. The standard InChI is InChI=1S/C20H15FN4O2/c21-15-7-1-2-8-17(15)27-20-14(6-5-10-22-20)12-24-19(26)16-13-23-18-9-3-4-11-25(16)18/h1-11,13H,12H2,(H,24,26). The van der Waals surface area contributed by atoms with E-state index >= 15 is 0 Å². The number of amides is 1. The van der Waals surface area contributed by atoms with Crippen LogP contribution in [0.2, 0.25) is 0 Å². The quantitative estimate of drug-likeness (QED) is 0.589. The van der Waals surface area contributed by atoms with Crippen LogP contribution in [0.15, 0.2) is 73.2 Å². The highest BCUT2D eigenvalue weighted by Crippen LogP contribution is 2.25. The molecule has 4 rings (SSSR count). The second kappa shape index (κ2) is 7.25. The Balaban J connectivity index is 1.52. The van der Waals surface area contributed by atoms with Crippen molar-refractivity contribution < 1.29 is 13.9 Å². The molecule has 0 fully saturated rings. The third-order valence-corrected chi connectivity index (χ3v) is 3.98. The van der Waals surface area contributed by atoms with Gasteiger partial charge >= 0.3 is 0 Å². The summed E-state index contributed by atoms with van der Waals surface area (Å²) in [6.07, 6.45) is 4.84.